The molecule has 0 aliphatic rings. The third-order valence-electron chi connectivity index (χ3n) is 2.20. The number of rotatable bonds is 3. The molecular weight excluding hydrogens is 297 g/mol. The van der Waals surface area contributed by atoms with Crippen molar-refractivity contribution >= 4 is 33.2 Å². The molecule has 0 amide bonds. The smallest absolute Gasteiger partial charge is 0.162 e. The van der Waals surface area contributed by atoms with Crippen LogP contribution in [0.5, 0.6) is 0 Å². The second-order valence-electron chi connectivity index (χ2n) is 3.28. The number of hydrogen-bond donors (Lipinski definition) is 2. The third-order valence-corrected chi connectivity index (χ3v) is 3.08. The maximum absolute atomic E-state index is 9.85. The van der Waals surface area contributed by atoms with E-state index in [0.29, 0.717) is 16.4 Å². The molecule has 2 rings (SSSR count). The maximum atomic E-state index is 9.85. The Labute approximate surface area is 105 Å². The quantitative estimate of drug-likeness (QED) is 0.660. The SMILES string of the molecule is OC(CBr)C(O)c1cnn2ccc(Cl)nc12. The second kappa shape index (κ2) is 4.67. The fourth-order valence-corrected chi connectivity index (χ4v) is 1.86. The number of aliphatic hydroxyl groups excluding tert-OH is 2. The van der Waals surface area contributed by atoms with Gasteiger partial charge in [0.2, 0.25) is 0 Å². The molecule has 7 heteroatoms. The Bertz CT molecular complexity index is 504. The Kier molecular flexibility index (Phi) is 3.44. The molecule has 2 N–H and O–H groups in total. The van der Waals surface area contributed by atoms with E-state index in [4.69, 9.17) is 11.6 Å². The molecule has 86 valence electrons. The van der Waals surface area contributed by atoms with E-state index in [-0.39, 0.29) is 5.33 Å². The summed E-state index contributed by atoms with van der Waals surface area (Å²) in [4.78, 5) is 4.05. The molecule has 2 aromatic rings. The van der Waals surface area contributed by atoms with Crippen molar-refractivity contribution in [3.8, 4) is 0 Å². The molecule has 2 unspecified atom stereocenters. The zero-order chi connectivity index (χ0) is 11.7. The van der Waals surface area contributed by atoms with Crippen molar-refractivity contribution < 1.29 is 10.2 Å². The van der Waals surface area contributed by atoms with Crippen LogP contribution in [0, 0.1) is 0 Å². The van der Waals surface area contributed by atoms with Crippen LogP contribution in [0.1, 0.15) is 11.7 Å². The molecule has 2 aromatic heterocycles. The average Bonchev–Trinajstić information content (AvgIpc) is 2.69. The first-order valence-corrected chi connectivity index (χ1v) is 6.05. The van der Waals surface area contributed by atoms with Gasteiger partial charge in [0, 0.05) is 17.1 Å². The number of nitrogens with zero attached hydrogens (tertiary/aromatic N) is 3. The topological polar surface area (TPSA) is 70.7 Å². The van der Waals surface area contributed by atoms with E-state index in [0.717, 1.165) is 0 Å². The molecule has 2 heterocycles. The van der Waals surface area contributed by atoms with Gasteiger partial charge < -0.3 is 10.2 Å². The van der Waals surface area contributed by atoms with E-state index in [1.165, 1.54) is 10.7 Å². The van der Waals surface area contributed by atoms with Gasteiger partial charge in [-0.1, -0.05) is 27.5 Å². The molecule has 0 aromatic carbocycles. The summed E-state index contributed by atoms with van der Waals surface area (Å²) in [6, 6.07) is 1.60. The number of fused-ring (bicyclic) bond motifs is 1. The molecule has 5 nitrogen and oxygen atoms in total. The van der Waals surface area contributed by atoms with E-state index < -0.39 is 12.2 Å². The number of aliphatic hydroxyl groups is 2. The van der Waals surface area contributed by atoms with Crippen molar-refractivity contribution in [2.75, 3.05) is 5.33 Å². The van der Waals surface area contributed by atoms with Gasteiger partial charge in [0.1, 0.15) is 11.3 Å². The Morgan fingerprint density at radius 2 is 2.25 bits per heavy atom. The van der Waals surface area contributed by atoms with Gasteiger partial charge in [0.25, 0.3) is 0 Å². The number of alkyl halides is 1. The minimum absolute atomic E-state index is 0.270. The zero-order valence-corrected chi connectivity index (χ0v) is 10.4. The normalized spacial score (nSPS) is 15.2. The molecule has 0 bridgehead atoms. The van der Waals surface area contributed by atoms with Crippen LogP contribution < -0.4 is 0 Å². The summed E-state index contributed by atoms with van der Waals surface area (Å²) in [7, 11) is 0. The van der Waals surface area contributed by atoms with E-state index in [1.54, 1.807) is 12.3 Å². The van der Waals surface area contributed by atoms with Gasteiger partial charge in [0.15, 0.2) is 5.65 Å². The molecule has 0 aliphatic heterocycles. The van der Waals surface area contributed by atoms with Gasteiger partial charge in [-0.05, 0) is 6.07 Å². The Hall–Kier alpha value is -0.690. The minimum Gasteiger partial charge on any atom is -0.389 e. The van der Waals surface area contributed by atoms with Crippen molar-refractivity contribution in [1.82, 2.24) is 14.6 Å². The molecule has 0 fully saturated rings. The summed E-state index contributed by atoms with van der Waals surface area (Å²) in [5.74, 6) is 0. The zero-order valence-electron chi connectivity index (χ0n) is 8.09. The first-order valence-electron chi connectivity index (χ1n) is 4.55. The van der Waals surface area contributed by atoms with Gasteiger partial charge >= 0.3 is 0 Å². The van der Waals surface area contributed by atoms with Crippen LogP contribution in [0.3, 0.4) is 0 Å². The maximum Gasteiger partial charge on any atom is 0.162 e. The molecule has 0 spiro atoms. The lowest BCUT2D eigenvalue weighted by atomic mass is 10.1. The van der Waals surface area contributed by atoms with Crippen LogP contribution in [-0.2, 0) is 0 Å². The Balaban J connectivity index is 2.48. The predicted molar refractivity (Wildman–Crippen MR) is 62.8 cm³/mol. The summed E-state index contributed by atoms with van der Waals surface area (Å²) in [5, 5.41) is 24.0. The average molecular weight is 307 g/mol. The Morgan fingerprint density at radius 1 is 1.50 bits per heavy atom. The van der Waals surface area contributed by atoms with Crippen molar-refractivity contribution in [3.05, 3.63) is 29.2 Å². The van der Waals surface area contributed by atoms with Gasteiger partial charge in [0.05, 0.1) is 12.3 Å². The van der Waals surface area contributed by atoms with Crippen LogP contribution in [0.2, 0.25) is 5.15 Å². The molecule has 0 saturated heterocycles. The van der Waals surface area contributed by atoms with Crippen LogP contribution >= 0.6 is 27.5 Å². The van der Waals surface area contributed by atoms with Crippen molar-refractivity contribution in [2.24, 2.45) is 0 Å². The highest BCUT2D eigenvalue weighted by molar-refractivity contribution is 9.09. The molecule has 2 atom stereocenters. The Morgan fingerprint density at radius 3 is 2.94 bits per heavy atom. The van der Waals surface area contributed by atoms with Crippen LogP contribution in [0.15, 0.2) is 18.5 Å². The molecule has 16 heavy (non-hydrogen) atoms. The van der Waals surface area contributed by atoms with Crippen LogP contribution in [-0.4, -0.2) is 36.2 Å². The monoisotopic (exact) mass is 305 g/mol. The summed E-state index contributed by atoms with van der Waals surface area (Å²) in [6.07, 6.45) is 1.16. The lowest BCUT2D eigenvalue weighted by Gasteiger charge is -2.13. The molecular formula is C9H9BrClN3O2. The molecule has 0 saturated carbocycles. The minimum atomic E-state index is -1.04. The van der Waals surface area contributed by atoms with Crippen molar-refractivity contribution in [2.45, 2.75) is 12.2 Å². The highest BCUT2D eigenvalue weighted by Crippen LogP contribution is 2.22. The lowest BCUT2D eigenvalue weighted by Crippen LogP contribution is -2.19. The van der Waals surface area contributed by atoms with E-state index in [9.17, 15) is 10.2 Å². The summed E-state index contributed by atoms with van der Waals surface area (Å²) in [5.41, 5.74) is 0.898. The van der Waals surface area contributed by atoms with Gasteiger partial charge in [-0.25, -0.2) is 9.50 Å². The third kappa shape index (κ3) is 2.06. The van der Waals surface area contributed by atoms with Crippen molar-refractivity contribution in [1.29, 1.82) is 0 Å². The van der Waals surface area contributed by atoms with Gasteiger partial charge in [-0.15, -0.1) is 0 Å². The highest BCUT2D eigenvalue weighted by Gasteiger charge is 2.21. The summed E-state index contributed by atoms with van der Waals surface area (Å²) in [6.45, 7) is 0. The summed E-state index contributed by atoms with van der Waals surface area (Å²) < 4.78 is 1.49. The fraction of sp³-hybridized carbons (Fsp3) is 0.333. The van der Waals surface area contributed by atoms with Crippen molar-refractivity contribution in [3.63, 3.8) is 0 Å². The number of halogens is 2. The first kappa shape index (κ1) is 11.8. The highest BCUT2D eigenvalue weighted by atomic mass is 79.9. The van der Waals surface area contributed by atoms with Gasteiger partial charge in [-0.3, -0.25) is 0 Å². The molecule has 0 radical (unpaired) electrons. The second-order valence-corrected chi connectivity index (χ2v) is 4.32. The van der Waals surface area contributed by atoms with E-state index in [2.05, 4.69) is 26.0 Å². The van der Waals surface area contributed by atoms with E-state index >= 15 is 0 Å². The van der Waals surface area contributed by atoms with E-state index in [1.807, 2.05) is 0 Å². The lowest BCUT2D eigenvalue weighted by molar-refractivity contribution is 0.0350. The standard InChI is InChI=1S/C9H9BrClN3O2/c10-3-6(15)8(16)5-4-12-14-2-1-7(11)13-9(5)14/h1-2,4,6,8,15-16H,3H2. The number of hydrogen-bond acceptors (Lipinski definition) is 4. The predicted octanol–water partition coefficient (Wildman–Crippen LogP) is 1.17. The van der Waals surface area contributed by atoms with Crippen LogP contribution in [0.4, 0.5) is 0 Å². The summed E-state index contributed by atoms with van der Waals surface area (Å²) >= 11 is 8.86. The van der Waals surface area contributed by atoms with Crippen LogP contribution in [0.25, 0.3) is 5.65 Å². The first-order chi connectivity index (χ1) is 7.63. The fourth-order valence-electron chi connectivity index (χ4n) is 1.36. The number of aromatic nitrogens is 3. The molecule has 0 aliphatic carbocycles. The van der Waals surface area contributed by atoms with Gasteiger partial charge in [-0.2, -0.15) is 5.10 Å². The largest absolute Gasteiger partial charge is 0.389 e.